The molecule has 0 saturated heterocycles. The van der Waals surface area contributed by atoms with Crippen LogP contribution in [-0.4, -0.2) is 25.2 Å². The minimum absolute atomic E-state index is 0.250. The van der Waals surface area contributed by atoms with E-state index in [1.807, 2.05) is 35.7 Å². The Morgan fingerprint density at radius 1 is 1.32 bits per heavy atom. The highest BCUT2D eigenvalue weighted by Gasteiger charge is 2.22. The number of carbonyl (C=O) groups excluding carboxylic acids is 1. The predicted octanol–water partition coefficient (Wildman–Crippen LogP) is 3.49. The Bertz CT molecular complexity index is 1370. The van der Waals surface area contributed by atoms with Crippen LogP contribution in [0.15, 0.2) is 47.0 Å². The number of fused-ring (bicyclic) bond motifs is 1. The maximum Gasteiger partial charge on any atom is 0.263 e. The van der Waals surface area contributed by atoms with E-state index in [4.69, 9.17) is 0 Å². The molecule has 4 aromatic rings. The Hall–Kier alpha value is -3.77. The van der Waals surface area contributed by atoms with Gasteiger partial charge in [-0.3, -0.25) is 18.8 Å². The number of hydrogen-bond donors (Lipinski definition) is 1. The van der Waals surface area contributed by atoms with Crippen LogP contribution >= 0.6 is 11.3 Å². The van der Waals surface area contributed by atoms with Crippen LogP contribution in [0.2, 0.25) is 0 Å². The van der Waals surface area contributed by atoms with E-state index in [0.29, 0.717) is 10.2 Å². The van der Waals surface area contributed by atoms with Crippen LogP contribution in [0.3, 0.4) is 0 Å². The average Bonchev–Trinajstić information content (AvgIpc) is 3.37. The molecule has 156 valence electrons. The van der Waals surface area contributed by atoms with Gasteiger partial charge in [-0.05, 0) is 24.5 Å². The summed E-state index contributed by atoms with van der Waals surface area (Å²) in [4.78, 5) is 31.2. The first-order valence-electron chi connectivity index (χ1n) is 9.75. The maximum absolute atomic E-state index is 13.3. The number of anilines is 1. The van der Waals surface area contributed by atoms with Crippen LogP contribution in [0.4, 0.5) is 5.82 Å². The van der Waals surface area contributed by atoms with Gasteiger partial charge in [0.2, 0.25) is 5.91 Å². The molecule has 31 heavy (non-hydrogen) atoms. The lowest BCUT2D eigenvalue weighted by atomic mass is 10.0. The summed E-state index contributed by atoms with van der Waals surface area (Å²) in [6, 6.07) is 9.25. The molecule has 8 nitrogen and oxygen atoms in total. The lowest BCUT2D eigenvalue weighted by molar-refractivity contribution is -0.118. The predicted molar refractivity (Wildman–Crippen MR) is 120 cm³/mol. The first kappa shape index (κ1) is 20.5. The Morgan fingerprint density at radius 3 is 2.74 bits per heavy atom. The second-order valence-corrected chi connectivity index (χ2v) is 8.00. The number of benzene rings is 1. The molecule has 0 bridgehead atoms. The van der Waals surface area contributed by atoms with Crippen molar-refractivity contribution in [2.45, 2.75) is 26.3 Å². The van der Waals surface area contributed by atoms with Gasteiger partial charge < -0.3 is 5.32 Å². The number of aromatic nitrogens is 4. The minimum atomic E-state index is -0.832. The monoisotopic (exact) mass is 432 g/mol. The highest BCUT2D eigenvalue weighted by molar-refractivity contribution is 7.17. The normalized spacial score (nSPS) is 11.9. The molecular weight excluding hydrogens is 412 g/mol. The van der Waals surface area contributed by atoms with E-state index in [-0.39, 0.29) is 16.9 Å². The van der Waals surface area contributed by atoms with Gasteiger partial charge in [0.25, 0.3) is 5.56 Å². The zero-order valence-electron chi connectivity index (χ0n) is 17.3. The molecule has 4 rings (SSSR count). The van der Waals surface area contributed by atoms with Gasteiger partial charge in [-0.1, -0.05) is 31.2 Å². The standard InChI is InChI=1S/C22H20N6O2S/c1-4-14-5-7-15(8-6-14)17-11-31-21-18(17)22(30)28(12-24-21)13(2)20(29)26-19-16(9-23)10-25-27(19)3/h5-8,10-13H,4H2,1-3H3,(H,26,29). The van der Waals surface area contributed by atoms with Crippen molar-refractivity contribution in [2.75, 3.05) is 5.32 Å². The number of hydrogen-bond acceptors (Lipinski definition) is 6. The number of nitrogens with zero attached hydrogens (tertiary/aromatic N) is 5. The van der Waals surface area contributed by atoms with Gasteiger partial charge >= 0.3 is 0 Å². The second kappa shape index (κ2) is 8.16. The Labute approximate surface area is 182 Å². The number of amides is 1. The molecule has 0 radical (unpaired) electrons. The third-order valence-electron chi connectivity index (χ3n) is 5.29. The van der Waals surface area contributed by atoms with E-state index in [9.17, 15) is 14.9 Å². The summed E-state index contributed by atoms with van der Waals surface area (Å²) in [6.07, 6.45) is 3.71. The number of nitriles is 1. The zero-order valence-corrected chi connectivity index (χ0v) is 18.1. The molecule has 3 aromatic heterocycles. The summed E-state index contributed by atoms with van der Waals surface area (Å²) in [5, 5.41) is 18.3. The molecule has 1 amide bonds. The van der Waals surface area contributed by atoms with Crippen molar-refractivity contribution >= 4 is 33.3 Å². The largest absolute Gasteiger partial charge is 0.308 e. The fraction of sp³-hybridized carbons (Fsp3) is 0.227. The number of rotatable bonds is 5. The van der Waals surface area contributed by atoms with Crippen molar-refractivity contribution in [3.8, 4) is 17.2 Å². The smallest absolute Gasteiger partial charge is 0.263 e. The molecule has 1 N–H and O–H groups in total. The van der Waals surface area contributed by atoms with Crippen LogP contribution in [0, 0.1) is 11.3 Å². The fourth-order valence-electron chi connectivity index (χ4n) is 3.37. The summed E-state index contributed by atoms with van der Waals surface area (Å²) < 4.78 is 2.72. The highest BCUT2D eigenvalue weighted by Crippen LogP contribution is 2.31. The summed E-state index contributed by atoms with van der Waals surface area (Å²) in [6.45, 7) is 3.71. The molecule has 1 aromatic carbocycles. The molecule has 1 atom stereocenters. The van der Waals surface area contributed by atoms with E-state index in [2.05, 4.69) is 22.3 Å². The lowest BCUT2D eigenvalue weighted by Gasteiger charge is -2.15. The first-order valence-corrected chi connectivity index (χ1v) is 10.6. The van der Waals surface area contributed by atoms with E-state index in [1.165, 1.54) is 38.7 Å². The SMILES string of the molecule is CCc1ccc(-c2csc3ncn(C(C)C(=O)Nc4c(C#N)cnn4C)c(=O)c23)cc1. The molecule has 0 aliphatic carbocycles. The Kier molecular flexibility index (Phi) is 5.40. The van der Waals surface area contributed by atoms with Gasteiger partial charge in [0.1, 0.15) is 28.3 Å². The van der Waals surface area contributed by atoms with Gasteiger partial charge in [0.15, 0.2) is 0 Å². The van der Waals surface area contributed by atoms with Crippen molar-refractivity contribution in [2.24, 2.45) is 7.05 Å². The van der Waals surface area contributed by atoms with Crippen LogP contribution < -0.4 is 10.9 Å². The molecule has 1 unspecified atom stereocenters. The molecule has 0 aliphatic heterocycles. The van der Waals surface area contributed by atoms with E-state index in [1.54, 1.807) is 14.0 Å². The van der Waals surface area contributed by atoms with Crippen molar-refractivity contribution < 1.29 is 4.79 Å². The van der Waals surface area contributed by atoms with Crippen molar-refractivity contribution in [3.05, 3.63) is 63.7 Å². The molecular formula is C22H20N6O2S. The summed E-state index contributed by atoms with van der Waals surface area (Å²) in [7, 11) is 1.63. The molecule has 3 heterocycles. The van der Waals surface area contributed by atoms with Crippen molar-refractivity contribution in [1.29, 1.82) is 5.26 Å². The van der Waals surface area contributed by atoms with E-state index >= 15 is 0 Å². The van der Waals surface area contributed by atoms with Crippen LogP contribution in [0.1, 0.15) is 31.0 Å². The van der Waals surface area contributed by atoms with Gasteiger partial charge in [0, 0.05) is 18.0 Å². The van der Waals surface area contributed by atoms with Gasteiger partial charge in [-0.2, -0.15) is 10.4 Å². The number of aryl methyl sites for hydroxylation is 2. The molecule has 9 heteroatoms. The molecule has 0 aliphatic rings. The summed E-state index contributed by atoms with van der Waals surface area (Å²) in [5.41, 5.74) is 2.93. The number of thiophene rings is 1. The molecule has 0 spiro atoms. The summed E-state index contributed by atoms with van der Waals surface area (Å²) >= 11 is 1.40. The highest BCUT2D eigenvalue weighted by atomic mass is 32.1. The Morgan fingerprint density at radius 2 is 2.06 bits per heavy atom. The van der Waals surface area contributed by atoms with E-state index in [0.717, 1.165) is 17.5 Å². The topological polar surface area (TPSA) is 106 Å². The molecule has 0 saturated carbocycles. The van der Waals surface area contributed by atoms with Crippen molar-refractivity contribution in [1.82, 2.24) is 19.3 Å². The van der Waals surface area contributed by atoms with Gasteiger partial charge in [-0.25, -0.2) is 4.98 Å². The Balaban J connectivity index is 1.72. The second-order valence-electron chi connectivity index (χ2n) is 7.14. The molecule has 0 fully saturated rings. The average molecular weight is 433 g/mol. The third-order valence-corrected chi connectivity index (χ3v) is 6.18. The van der Waals surface area contributed by atoms with Gasteiger partial charge in [-0.15, -0.1) is 11.3 Å². The minimum Gasteiger partial charge on any atom is -0.308 e. The van der Waals surface area contributed by atoms with Gasteiger partial charge in [0.05, 0.1) is 17.9 Å². The van der Waals surface area contributed by atoms with E-state index < -0.39 is 11.9 Å². The third kappa shape index (κ3) is 3.62. The van der Waals surface area contributed by atoms with Crippen LogP contribution in [0.25, 0.3) is 21.3 Å². The number of nitrogens with one attached hydrogen (secondary N) is 1. The number of carbonyl (C=O) groups is 1. The van der Waals surface area contributed by atoms with Crippen LogP contribution in [0.5, 0.6) is 0 Å². The lowest BCUT2D eigenvalue weighted by Crippen LogP contribution is -2.32. The first-order chi connectivity index (χ1) is 14.9. The fourth-order valence-corrected chi connectivity index (χ4v) is 4.28. The maximum atomic E-state index is 13.3. The summed E-state index contributed by atoms with van der Waals surface area (Å²) in [5.74, 6) is -0.152. The van der Waals surface area contributed by atoms with Crippen molar-refractivity contribution in [3.63, 3.8) is 0 Å². The zero-order chi connectivity index (χ0) is 22.1. The van der Waals surface area contributed by atoms with Crippen LogP contribution in [-0.2, 0) is 18.3 Å². The quantitative estimate of drug-likeness (QED) is 0.520.